The van der Waals surface area contributed by atoms with E-state index in [-0.39, 0.29) is 37.7 Å². The van der Waals surface area contributed by atoms with Crippen molar-refractivity contribution in [2.45, 2.75) is 26.2 Å². The highest BCUT2D eigenvalue weighted by molar-refractivity contribution is 7.09. The Morgan fingerprint density at radius 1 is 1.33 bits per heavy atom. The lowest BCUT2D eigenvalue weighted by Gasteiger charge is -2.22. The summed E-state index contributed by atoms with van der Waals surface area (Å²) in [7, 11) is 0. The molecular formula is C16H18ClF3N4O2S. The van der Waals surface area contributed by atoms with Crippen LogP contribution in [0.3, 0.4) is 0 Å². The highest BCUT2D eigenvalue weighted by atomic mass is 35.5. The first-order chi connectivity index (χ1) is 12.2. The second-order valence-electron chi connectivity index (χ2n) is 5.30. The molecule has 0 aliphatic rings. The van der Waals surface area contributed by atoms with E-state index in [1.54, 1.807) is 23.6 Å². The fourth-order valence-corrected chi connectivity index (χ4v) is 2.83. The molecule has 2 rings (SSSR count). The summed E-state index contributed by atoms with van der Waals surface area (Å²) in [6.45, 7) is 1.39. The second kappa shape index (κ2) is 9.67. The van der Waals surface area contributed by atoms with Gasteiger partial charge in [0.2, 0.25) is 0 Å². The van der Waals surface area contributed by atoms with Gasteiger partial charge in [0.05, 0.1) is 0 Å². The lowest BCUT2D eigenvalue weighted by molar-refractivity contribution is -0.185. The van der Waals surface area contributed by atoms with E-state index in [4.69, 9.17) is 5.73 Å². The lowest BCUT2D eigenvalue weighted by Crippen LogP contribution is -2.40. The molecular weight excluding hydrogens is 405 g/mol. The normalized spacial score (nSPS) is 10.9. The number of amides is 2. The molecule has 0 atom stereocenters. The van der Waals surface area contributed by atoms with Crippen molar-refractivity contribution in [1.82, 2.24) is 9.88 Å². The van der Waals surface area contributed by atoms with Crippen LogP contribution in [-0.2, 0) is 17.9 Å². The Morgan fingerprint density at radius 3 is 2.59 bits per heavy atom. The van der Waals surface area contributed by atoms with Gasteiger partial charge in [-0.25, -0.2) is 4.98 Å². The van der Waals surface area contributed by atoms with Crippen LogP contribution in [0.15, 0.2) is 29.6 Å². The summed E-state index contributed by atoms with van der Waals surface area (Å²) in [5.41, 5.74) is 6.52. The number of thiazole rings is 1. The number of benzene rings is 1. The molecule has 1 aromatic heterocycles. The van der Waals surface area contributed by atoms with E-state index in [0.717, 1.165) is 0 Å². The molecule has 11 heteroatoms. The number of anilines is 1. The first kappa shape index (κ1) is 22.9. The van der Waals surface area contributed by atoms with Gasteiger partial charge in [0.15, 0.2) is 0 Å². The van der Waals surface area contributed by atoms with Crippen LogP contribution in [0.5, 0.6) is 0 Å². The number of rotatable bonds is 6. The summed E-state index contributed by atoms with van der Waals surface area (Å²) >= 11 is 1.26. The zero-order valence-electron chi connectivity index (χ0n) is 14.2. The first-order valence-corrected chi connectivity index (χ1v) is 8.53. The number of nitrogens with two attached hydrogens (primary N) is 1. The quantitative estimate of drug-likeness (QED) is 0.748. The third kappa shape index (κ3) is 6.19. The van der Waals surface area contributed by atoms with Crippen molar-refractivity contribution in [3.8, 4) is 0 Å². The van der Waals surface area contributed by atoms with Crippen molar-refractivity contribution >= 4 is 41.2 Å². The van der Waals surface area contributed by atoms with E-state index in [0.29, 0.717) is 21.2 Å². The summed E-state index contributed by atoms with van der Waals surface area (Å²) in [5.74, 6) is -2.34. The fourth-order valence-electron chi connectivity index (χ4n) is 2.18. The molecule has 0 saturated heterocycles. The van der Waals surface area contributed by atoms with Crippen molar-refractivity contribution in [3.63, 3.8) is 0 Å². The molecule has 1 heterocycles. The number of hydrogen-bond donors (Lipinski definition) is 2. The molecule has 0 aliphatic heterocycles. The number of carbonyl (C=O) groups is 2. The Morgan fingerprint density at radius 2 is 2.04 bits per heavy atom. The maximum Gasteiger partial charge on any atom is 0.471 e. The van der Waals surface area contributed by atoms with E-state index < -0.39 is 18.0 Å². The number of aromatic nitrogens is 1. The molecule has 3 N–H and O–H groups in total. The third-order valence-corrected chi connectivity index (χ3v) is 4.30. The van der Waals surface area contributed by atoms with Crippen LogP contribution in [0.2, 0.25) is 0 Å². The van der Waals surface area contributed by atoms with Gasteiger partial charge >= 0.3 is 12.1 Å². The summed E-state index contributed by atoms with van der Waals surface area (Å²) in [6, 6.07) is 6.28. The van der Waals surface area contributed by atoms with Gasteiger partial charge in [-0.15, -0.1) is 23.7 Å². The van der Waals surface area contributed by atoms with Crippen LogP contribution >= 0.6 is 23.7 Å². The van der Waals surface area contributed by atoms with Gasteiger partial charge in [0, 0.05) is 30.7 Å². The monoisotopic (exact) mass is 422 g/mol. The smallest absolute Gasteiger partial charge is 0.331 e. The molecule has 0 radical (unpaired) electrons. The predicted molar refractivity (Wildman–Crippen MR) is 98.8 cm³/mol. The molecule has 0 unspecified atom stereocenters. The molecule has 27 heavy (non-hydrogen) atoms. The molecule has 0 spiro atoms. The Bertz CT molecular complexity index is 798. The number of halogens is 4. The summed E-state index contributed by atoms with van der Waals surface area (Å²) < 4.78 is 37.8. The molecule has 0 aliphatic carbocycles. The Labute approximate surface area is 164 Å². The largest absolute Gasteiger partial charge is 0.471 e. The zero-order valence-corrected chi connectivity index (χ0v) is 15.9. The minimum absolute atomic E-state index is 0. The van der Waals surface area contributed by atoms with Crippen LogP contribution in [0, 0.1) is 0 Å². The van der Waals surface area contributed by atoms with Crippen LogP contribution in [0.25, 0.3) is 0 Å². The number of nitrogens with zero attached hydrogens (tertiary/aromatic N) is 2. The maximum absolute atomic E-state index is 12.6. The molecule has 2 amide bonds. The van der Waals surface area contributed by atoms with Crippen molar-refractivity contribution in [2.24, 2.45) is 5.73 Å². The lowest BCUT2D eigenvalue weighted by atomic mass is 10.2. The number of carbonyl (C=O) groups excluding carboxylic acids is 2. The highest BCUT2D eigenvalue weighted by Gasteiger charge is 2.41. The molecule has 2 aromatic rings. The topological polar surface area (TPSA) is 88.3 Å². The maximum atomic E-state index is 12.6. The van der Waals surface area contributed by atoms with Crippen LogP contribution in [0.4, 0.5) is 18.9 Å². The van der Waals surface area contributed by atoms with Crippen molar-refractivity contribution in [1.29, 1.82) is 0 Å². The molecule has 148 valence electrons. The van der Waals surface area contributed by atoms with E-state index in [2.05, 4.69) is 10.3 Å². The molecule has 1 aromatic carbocycles. The van der Waals surface area contributed by atoms with Crippen LogP contribution in [0.1, 0.15) is 28.0 Å². The average molecular weight is 423 g/mol. The van der Waals surface area contributed by atoms with Gasteiger partial charge in [-0.3, -0.25) is 9.59 Å². The van der Waals surface area contributed by atoms with E-state index in [1.165, 1.54) is 24.3 Å². The Kier molecular flexibility index (Phi) is 8.20. The van der Waals surface area contributed by atoms with Crippen molar-refractivity contribution in [3.05, 3.63) is 45.9 Å². The molecule has 0 bridgehead atoms. The summed E-state index contributed by atoms with van der Waals surface area (Å²) in [4.78, 5) is 28.3. The van der Waals surface area contributed by atoms with Gasteiger partial charge < -0.3 is 16.0 Å². The minimum atomic E-state index is -4.92. The van der Waals surface area contributed by atoms with Gasteiger partial charge in [-0.1, -0.05) is 12.1 Å². The molecule has 0 fully saturated rings. The van der Waals surface area contributed by atoms with Crippen LogP contribution in [-0.4, -0.2) is 34.4 Å². The van der Waals surface area contributed by atoms with Crippen molar-refractivity contribution in [2.75, 3.05) is 11.9 Å². The number of nitrogens with one attached hydrogen (secondary N) is 1. The van der Waals surface area contributed by atoms with E-state index >= 15 is 0 Å². The Hall–Kier alpha value is -2.17. The number of alkyl halides is 3. The third-order valence-electron chi connectivity index (χ3n) is 3.43. The van der Waals surface area contributed by atoms with Gasteiger partial charge in [-0.05, 0) is 24.6 Å². The van der Waals surface area contributed by atoms with Gasteiger partial charge in [-0.2, -0.15) is 13.2 Å². The van der Waals surface area contributed by atoms with Gasteiger partial charge in [0.25, 0.3) is 5.91 Å². The highest BCUT2D eigenvalue weighted by Crippen LogP contribution is 2.21. The van der Waals surface area contributed by atoms with Crippen molar-refractivity contribution < 1.29 is 22.8 Å². The van der Waals surface area contributed by atoms with Crippen LogP contribution < -0.4 is 11.1 Å². The zero-order chi connectivity index (χ0) is 19.3. The van der Waals surface area contributed by atoms with Gasteiger partial charge in [0.1, 0.15) is 10.7 Å². The minimum Gasteiger partial charge on any atom is -0.331 e. The predicted octanol–water partition coefficient (Wildman–Crippen LogP) is 3.19. The first-order valence-electron chi connectivity index (χ1n) is 7.65. The average Bonchev–Trinajstić information content (AvgIpc) is 3.08. The number of hydrogen-bond acceptors (Lipinski definition) is 5. The molecule has 0 saturated carbocycles. The molecule has 6 nitrogen and oxygen atoms in total. The second-order valence-corrected chi connectivity index (χ2v) is 6.24. The SMILES string of the molecule is CCN(Cc1cccc(NC(=O)c2csc(CN)n2)c1)C(=O)C(F)(F)F.Cl. The summed E-state index contributed by atoms with van der Waals surface area (Å²) in [5, 5.41) is 4.82. The Balaban J connectivity index is 0.00000364. The fraction of sp³-hybridized carbons (Fsp3) is 0.312. The van der Waals surface area contributed by atoms with E-state index in [9.17, 15) is 22.8 Å². The van der Waals surface area contributed by atoms with E-state index in [1.807, 2.05) is 0 Å². The standard InChI is InChI=1S/C16H17F3N4O2S.ClH/c1-2-23(15(25)16(17,18)19)8-10-4-3-5-11(6-10)21-14(24)12-9-26-13(7-20)22-12;/h3-6,9H,2,7-8,20H2,1H3,(H,21,24);1H. The summed E-state index contributed by atoms with van der Waals surface area (Å²) in [6.07, 6.45) is -4.92.